The Morgan fingerprint density at radius 3 is 1.00 bits per heavy atom. The molecule has 0 aliphatic rings. The van der Waals surface area contributed by atoms with Crippen molar-refractivity contribution in [2.75, 3.05) is 0 Å². The average molecular weight is 433 g/mol. The molecule has 3 aromatic carbocycles. The molecule has 150 valence electrons. The van der Waals surface area contributed by atoms with Crippen molar-refractivity contribution in [2.45, 2.75) is 13.1 Å². The highest BCUT2D eigenvalue weighted by Crippen LogP contribution is 2.32. The number of halogens is 2. The summed E-state index contributed by atoms with van der Waals surface area (Å²) in [5, 5.41) is 5.35. The number of hydrogen-bond acceptors (Lipinski definition) is 0. The summed E-state index contributed by atoms with van der Waals surface area (Å²) in [7, 11) is 0. The molecule has 4 heteroatoms. The second-order valence-corrected chi connectivity index (χ2v) is 7.14. The highest BCUT2D eigenvalue weighted by Gasteiger charge is 2.18. The van der Waals surface area contributed by atoms with Crippen molar-refractivity contribution in [1.29, 1.82) is 0 Å². The van der Waals surface area contributed by atoms with E-state index in [-0.39, 0.29) is 24.8 Å². The molecule has 0 atom stereocenters. The van der Waals surface area contributed by atoms with Gasteiger partial charge in [-0.25, -0.2) is 9.13 Å². The molecule has 30 heavy (non-hydrogen) atoms. The first-order chi connectivity index (χ1) is 13.9. The van der Waals surface area contributed by atoms with E-state index in [0.717, 1.165) is 13.1 Å². The van der Waals surface area contributed by atoms with Crippen molar-refractivity contribution in [3.63, 3.8) is 0 Å². The third kappa shape index (κ3) is 4.16. The first kappa shape index (κ1) is 21.8. The lowest BCUT2D eigenvalue weighted by Gasteiger charge is -2.14. The molecule has 0 aliphatic heterocycles. The first-order valence-electron chi connectivity index (χ1n) is 9.69. The molecule has 0 unspecified atom stereocenters. The number of fused-ring (bicyclic) bond motifs is 2. The molecule has 2 aromatic heterocycles. The molecule has 0 bridgehead atoms. The zero-order valence-electron chi connectivity index (χ0n) is 16.5. The minimum absolute atomic E-state index is 0. The van der Waals surface area contributed by atoms with Crippen LogP contribution in [0, 0.1) is 0 Å². The van der Waals surface area contributed by atoms with E-state index in [0.29, 0.717) is 0 Å². The zero-order valence-corrected chi connectivity index (χ0v) is 18.0. The smallest absolute Gasteiger partial charge is 0.175 e. The van der Waals surface area contributed by atoms with Crippen LogP contribution in [-0.2, 0) is 13.1 Å². The molecule has 5 rings (SSSR count). The normalized spacial score (nSPS) is 10.4. The van der Waals surface area contributed by atoms with E-state index in [1.165, 1.54) is 32.7 Å². The summed E-state index contributed by atoms with van der Waals surface area (Å²) in [6.07, 6.45) is 8.54. The predicted octanol–water partition coefficient (Wildman–Crippen LogP) is -1.33. The standard InChI is InChI=1S/C26H22N2.2ClH/c1-7-15-27(16-8-1)19-25-21-11-3-5-13-23(21)26(20-28-17-9-2-10-18-28)24-14-6-4-12-22(24)25;;/h1-18H,19-20H2;2*1H/q+2;;/p-2. The molecule has 0 N–H and O–H groups in total. The van der Waals surface area contributed by atoms with Crippen LogP contribution in [-0.4, -0.2) is 0 Å². The van der Waals surface area contributed by atoms with Crippen molar-refractivity contribution < 1.29 is 33.9 Å². The maximum atomic E-state index is 2.26. The Kier molecular flexibility index (Phi) is 7.04. The molecule has 0 saturated carbocycles. The van der Waals surface area contributed by atoms with Crippen LogP contribution >= 0.6 is 0 Å². The summed E-state index contributed by atoms with van der Waals surface area (Å²) in [6, 6.07) is 30.1. The lowest BCUT2D eigenvalue weighted by atomic mass is 9.91. The number of hydrogen-bond donors (Lipinski definition) is 0. The Morgan fingerprint density at radius 2 is 0.700 bits per heavy atom. The maximum Gasteiger partial charge on any atom is 0.175 e. The molecule has 2 heterocycles. The molecule has 0 saturated heterocycles. The van der Waals surface area contributed by atoms with Crippen LogP contribution in [0.4, 0.5) is 0 Å². The van der Waals surface area contributed by atoms with Gasteiger partial charge in [-0.1, -0.05) is 60.7 Å². The van der Waals surface area contributed by atoms with Gasteiger partial charge in [0.1, 0.15) is 0 Å². The lowest BCUT2D eigenvalue weighted by Crippen LogP contribution is -3.00. The van der Waals surface area contributed by atoms with Gasteiger partial charge in [0.25, 0.3) is 0 Å². The molecular formula is C26H22Cl2N2. The van der Waals surface area contributed by atoms with E-state index < -0.39 is 0 Å². The number of rotatable bonds is 4. The van der Waals surface area contributed by atoms with Gasteiger partial charge < -0.3 is 24.8 Å². The van der Waals surface area contributed by atoms with Crippen molar-refractivity contribution in [2.24, 2.45) is 0 Å². The van der Waals surface area contributed by atoms with E-state index in [2.05, 4.69) is 119 Å². The molecule has 0 spiro atoms. The summed E-state index contributed by atoms with van der Waals surface area (Å²) in [5.74, 6) is 0. The van der Waals surface area contributed by atoms with Crippen LogP contribution in [0.5, 0.6) is 0 Å². The quantitative estimate of drug-likeness (QED) is 0.245. The van der Waals surface area contributed by atoms with E-state index in [1.807, 2.05) is 0 Å². The van der Waals surface area contributed by atoms with Gasteiger partial charge >= 0.3 is 0 Å². The van der Waals surface area contributed by atoms with Crippen LogP contribution < -0.4 is 33.9 Å². The maximum absolute atomic E-state index is 2.26. The third-order valence-corrected chi connectivity index (χ3v) is 5.39. The Balaban J connectivity index is 0.00000128. The Hall–Kier alpha value is -2.94. The Labute approximate surface area is 189 Å². The lowest BCUT2D eigenvalue weighted by molar-refractivity contribution is -0.688. The van der Waals surface area contributed by atoms with Crippen LogP contribution in [0.25, 0.3) is 21.5 Å². The predicted molar refractivity (Wildman–Crippen MR) is 113 cm³/mol. The van der Waals surface area contributed by atoms with Gasteiger partial charge in [0.05, 0.1) is 0 Å². The summed E-state index contributed by atoms with van der Waals surface area (Å²) in [5.41, 5.74) is 2.76. The van der Waals surface area contributed by atoms with Crippen LogP contribution in [0.2, 0.25) is 0 Å². The average Bonchev–Trinajstić information content (AvgIpc) is 2.77. The number of pyridine rings is 2. The Morgan fingerprint density at radius 1 is 0.400 bits per heavy atom. The Bertz CT molecular complexity index is 1100. The van der Waals surface area contributed by atoms with Crippen LogP contribution in [0.15, 0.2) is 110 Å². The monoisotopic (exact) mass is 432 g/mol. The van der Waals surface area contributed by atoms with E-state index in [9.17, 15) is 0 Å². The van der Waals surface area contributed by atoms with Gasteiger partial charge in [0, 0.05) is 35.4 Å². The third-order valence-electron chi connectivity index (χ3n) is 5.39. The summed E-state index contributed by atoms with van der Waals surface area (Å²) >= 11 is 0. The van der Waals surface area contributed by atoms with Gasteiger partial charge in [0.15, 0.2) is 37.9 Å². The van der Waals surface area contributed by atoms with Crippen molar-refractivity contribution in [1.82, 2.24) is 0 Å². The summed E-state index contributed by atoms with van der Waals surface area (Å²) in [4.78, 5) is 0. The molecule has 0 amide bonds. The van der Waals surface area contributed by atoms with Gasteiger partial charge in [-0.2, -0.15) is 0 Å². The number of benzene rings is 3. The van der Waals surface area contributed by atoms with Crippen LogP contribution in [0.3, 0.4) is 0 Å². The molecule has 0 fully saturated rings. The van der Waals surface area contributed by atoms with E-state index in [1.54, 1.807) is 0 Å². The van der Waals surface area contributed by atoms with Crippen molar-refractivity contribution in [3.8, 4) is 0 Å². The van der Waals surface area contributed by atoms with E-state index >= 15 is 0 Å². The summed E-state index contributed by atoms with van der Waals surface area (Å²) in [6.45, 7) is 1.72. The second kappa shape index (κ2) is 9.71. The zero-order chi connectivity index (χ0) is 18.8. The van der Waals surface area contributed by atoms with Crippen molar-refractivity contribution >= 4 is 21.5 Å². The molecule has 0 radical (unpaired) electrons. The number of nitrogens with zero attached hydrogens (tertiary/aromatic N) is 2. The van der Waals surface area contributed by atoms with Gasteiger partial charge in [0.2, 0.25) is 0 Å². The fourth-order valence-electron chi connectivity index (χ4n) is 4.09. The minimum atomic E-state index is 0. The fourth-order valence-corrected chi connectivity index (χ4v) is 4.09. The molecular weight excluding hydrogens is 411 g/mol. The number of aromatic nitrogens is 2. The largest absolute Gasteiger partial charge is 1.00 e. The van der Waals surface area contributed by atoms with Gasteiger partial charge in [-0.05, 0) is 21.5 Å². The highest BCUT2D eigenvalue weighted by atomic mass is 35.5. The first-order valence-corrected chi connectivity index (χ1v) is 9.69. The topological polar surface area (TPSA) is 7.76 Å². The van der Waals surface area contributed by atoms with Gasteiger partial charge in [-0.15, -0.1) is 0 Å². The van der Waals surface area contributed by atoms with E-state index in [4.69, 9.17) is 0 Å². The second-order valence-electron chi connectivity index (χ2n) is 7.14. The summed E-state index contributed by atoms with van der Waals surface area (Å²) < 4.78 is 4.50. The van der Waals surface area contributed by atoms with Gasteiger partial charge in [-0.3, -0.25) is 0 Å². The minimum Gasteiger partial charge on any atom is -1.00 e. The molecule has 0 aliphatic carbocycles. The SMILES string of the molecule is [Cl-].[Cl-].c1cc[n+](Cc2c3ccccc3c(C[n+]3ccccc3)c3ccccc23)cc1. The highest BCUT2D eigenvalue weighted by molar-refractivity contribution is 6.05. The fraction of sp³-hybridized carbons (Fsp3) is 0.0769. The molecule has 5 aromatic rings. The molecule has 2 nitrogen and oxygen atoms in total. The van der Waals surface area contributed by atoms with Crippen molar-refractivity contribution in [3.05, 3.63) is 121 Å². The van der Waals surface area contributed by atoms with Crippen LogP contribution in [0.1, 0.15) is 11.1 Å².